The summed E-state index contributed by atoms with van der Waals surface area (Å²) in [5.41, 5.74) is -0.309. The normalized spacial score (nSPS) is 21.6. The molecular formula is C15H21N3O4. The molecule has 120 valence electrons. The van der Waals surface area contributed by atoms with Gasteiger partial charge in [-0.05, 0) is 38.2 Å². The number of piperazine rings is 1. The summed E-state index contributed by atoms with van der Waals surface area (Å²) in [6.07, 6.45) is -1.10. The summed E-state index contributed by atoms with van der Waals surface area (Å²) in [5.74, 6) is 0.523. The maximum absolute atomic E-state index is 12.1. The van der Waals surface area contributed by atoms with E-state index in [2.05, 4.69) is 5.32 Å². The van der Waals surface area contributed by atoms with Gasteiger partial charge in [0, 0.05) is 18.8 Å². The summed E-state index contributed by atoms with van der Waals surface area (Å²) in [6.45, 7) is 2.44. The zero-order valence-corrected chi connectivity index (χ0v) is 13.0. The van der Waals surface area contributed by atoms with Crippen LogP contribution in [0.15, 0.2) is 24.3 Å². The number of nitrogens with one attached hydrogen (secondary N) is 1. The summed E-state index contributed by atoms with van der Waals surface area (Å²) >= 11 is 0. The molecule has 1 aliphatic rings. The van der Waals surface area contributed by atoms with Crippen LogP contribution in [0.5, 0.6) is 5.75 Å². The SMILES string of the molecule is CNC1(C(C)=O)CN(c2ccc(OC)cc2)CCN1C(=O)O. The molecular weight excluding hydrogens is 286 g/mol. The van der Waals surface area contributed by atoms with Crippen molar-refractivity contribution in [2.24, 2.45) is 0 Å². The number of likely N-dealkylation sites (N-methyl/N-ethyl adjacent to an activating group) is 1. The van der Waals surface area contributed by atoms with E-state index in [0.717, 1.165) is 11.4 Å². The number of rotatable bonds is 4. The molecule has 2 N–H and O–H groups in total. The molecule has 0 spiro atoms. The monoisotopic (exact) mass is 307 g/mol. The molecule has 1 fully saturated rings. The van der Waals surface area contributed by atoms with Crippen molar-refractivity contribution in [1.29, 1.82) is 0 Å². The highest BCUT2D eigenvalue weighted by molar-refractivity contribution is 5.90. The summed E-state index contributed by atoms with van der Waals surface area (Å²) < 4.78 is 5.13. The molecule has 1 aromatic carbocycles. The van der Waals surface area contributed by atoms with Gasteiger partial charge in [0.2, 0.25) is 0 Å². The van der Waals surface area contributed by atoms with E-state index in [1.54, 1.807) is 14.2 Å². The molecule has 2 rings (SSSR count). The standard InChI is InChI=1S/C15H21N3O4/c1-11(19)15(16-2)10-17(8-9-18(15)14(20)21)12-4-6-13(22-3)7-5-12/h4-7,16H,8-10H2,1-3H3,(H,20,21). The van der Waals surface area contributed by atoms with E-state index in [4.69, 9.17) is 4.74 Å². The topological polar surface area (TPSA) is 82.1 Å². The fourth-order valence-electron chi connectivity index (χ4n) is 2.82. The number of carbonyl (C=O) groups is 2. The van der Waals surface area contributed by atoms with Crippen molar-refractivity contribution < 1.29 is 19.4 Å². The van der Waals surface area contributed by atoms with Gasteiger partial charge in [-0.25, -0.2) is 4.79 Å². The molecule has 7 heteroatoms. The van der Waals surface area contributed by atoms with Crippen LogP contribution >= 0.6 is 0 Å². The van der Waals surface area contributed by atoms with Gasteiger partial charge in [0.15, 0.2) is 11.4 Å². The fraction of sp³-hybridized carbons (Fsp3) is 0.467. The lowest BCUT2D eigenvalue weighted by Crippen LogP contribution is -2.73. The minimum absolute atomic E-state index is 0.226. The maximum Gasteiger partial charge on any atom is 0.409 e. The third-order valence-corrected chi connectivity index (χ3v) is 4.14. The molecule has 1 unspecified atom stereocenters. The van der Waals surface area contributed by atoms with Gasteiger partial charge in [-0.15, -0.1) is 0 Å². The first kappa shape index (κ1) is 16.1. The van der Waals surface area contributed by atoms with Gasteiger partial charge in [0.05, 0.1) is 13.7 Å². The van der Waals surface area contributed by atoms with Gasteiger partial charge < -0.3 is 14.7 Å². The number of Topliss-reactive ketones (excluding diaryl/α,β-unsaturated/α-hetero) is 1. The second-order valence-electron chi connectivity index (χ2n) is 5.22. The summed E-state index contributed by atoms with van der Waals surface area (Å²) in [7, 11) is 3.21. The molecule has 0 aromatic heterocycles. The van der Waals surface area contributed by atoms with Gasteiger partial charge in [0.1, 0.15) is 5.75 Å². The van der Waals surface area contributed by atoms with Crippen molar-refractivity contribution >= 4 is 17.6 Å². The Morgan fingerprint density at radius 2 is 1.91 bits per heavy atom. The predicted molar refractivity (Wildman–Crippen MR) is 82.4 cm³/mol. The molecule has 1 saturated heterocycles. The molecule has 7 nitrogen and oxygen atoms in total. The molecule has 1 heterocycles. The Hall–Kier alpha value is -2.28. The van der Waals surface area contributed by atoms with E-state index >= 15 is 0 Å². The molecule has 0 aliphatic carbocycles. The smallest absolute Gasteiger partial charge is 0.409 e. The van der Waals surface area contributed by atoms with Crippen molar-refractivity contribution in [2.45, 2.75) is 12.6 Å². The molecule has 1 amide bonds. The molecule has 22 heavy (non-hydrogen) atoms. The van der Waals surface area contributed by atoms with Crippen LogP contribution in [0.25, 0.3) is 0 Å². The van der Waals surface area contributed by atoms with Gasteiger partial charge in [-0.2, -0.15) is 0 Å². The Morgan fingerprint density at radius 1 is 1.27 bits per heavy atom. The fourth-order valence-corrected chi connectivity index (χ4v) is 2.82. The Balaban J connectivity index is 2.30. The van der Waals surface area contributed by atoms with Crippen LogP contribution in [0.3, 0.4) is 0 Å². The van der Waals surface area contributed by atoms with Crippen LogP contribution in [0.2, 0.25) is 0 Å². The van der Waals surface area contributed by atoms with E-state index in [-0.39, 0.29) is 18.9 Å². The Bertz CT molecular complexity index is 560. The van der Waals surface area contributed by atoms with Crippen molar-refractivity contribution in [3.63, 3.8) is 0 Å². The van der Waals surface area contributed by atoms with Crippen molar-refractivity contribution in [2.75, 3.05) is 38.7 Å². The van der Waals surface area contributed by atoms with Crippen molar-refractivity contribution in [3.8, 4) is 5.75 Å². The van der Waals surface area contributed by atoms with Crippen LogP contribution in [-0.2, 0) is 4.79 Å². The van der Waals surface area contributed by atoms with E-state index in [1.165, 1.54) is 11.8 Å². The molecule has 1 aliphatic heterocycles. The van der Waals surface area contributed by atoms with Crippen LogP contribution in [0.4, 0.5) is 10.5 Å². The lowest BCUT2D eigenvalue weighted by atomic mass is 9.99. The highest BCUT2D eigenvalue weighted by Gasteiger charge is 2.47. The number of benzene rings is 1. The number of hydrogen-bond donors (Lipinski definition) is 2. The van der Waals surface area contributed by atoms with Gasteiger partial charge >= 0.3 is 6.09 Å². The summed E-state index contributed by atoms with van der Waals surface area (Å²) in [5, 5.41) is 12.3. The van der Waals surface area contributed by atoms with Crippen LogP contribution in [0, 0.1) is 0 Å². The third kappa shape index (κ3) is 2.71. The van der Waals surface area contributed by atoms with Crippen molar-refractivity contribution in [3.05, 3.63) is 24.3 Å². The highest BCUT2D eigenvalue weighted by atomic mass is 16.5. The lowest BCUT2D eigenvalue weighted by Gasteiger charge is -2.48. The third-order valence-electron chi connectivity index (χ3n) is 4.14. The number of anilines is 1. The first-order valence-corrected chi connectivity index (χ1v) is 7.04. The second kappa shape index (κ2) is 6.23. The Morgan fingerprint density at radius 3 is 2.36 bits per heavy atom. The number of amides is 1. The second-order valence-corrected chi connectivity index (χ2v) is 5.22. The molecule has 0 bridgehead atoms. The number of methoxy groups -OCH3 is 1. The van der Waals surface area contributed by atoms with Crippen LogP contribution in [0.1, 0.15) is 6.92 Å². The first-order chi connectivity index (χ1) is 10.4. The summed E-state index contributed by atoms with van der Waals surface area (Å²) in [4.78, 5) is 26.8. The lowest BCUT2D eigenvalue weighted by molar-refractivity contribution is -0.130. The number of ether oxygens (including phenoxy) is 1. The van der Waals surface area contributed by atoms with E-state index < -0.39 is 11.8 Å². The van der Waals surface area contributed by atoms with Gasteiger partial charge in [-0.1, -0.05) is 0 Å². The van der Waals surface area contributed by atoms with E-state index in [9.17, 15) is 14.7 Å². The first-order valence-electron chi connectivity index (χ1n) is 7.04. The average molecular weight is 307 g/mol. The average Bonchev–Trinajstić information content (AvgIpc) is 2.53. The number of nitrogens with zero attached hydrogens (tertiary/aromatic N) is 2. The minimum atomic E-state index is -1.23. The molecule has 0 saturated carbocycles. The van der Waals surface area contributed by atoms with E-state index in [1.807, 2.05) is 29.2 Å². The van der Waals surface area contributed by atoms with Crippen molar-refractivity contribution in [1.82, 2.24) is 10.2 Å². The highest BCUT2D eigenvalue weighted by Crippen LogP contribution is 2.26. The zero-order chi connectivity index (χ0) is 16.3. The Kier molecular flexibility index (Phi) is 4.56. The van der Waals surface area contributed by atoms with Crippen LogP contribution in [-0.4, -0.2) is 61.3 Å². The molecule has 1 atom stereocenters. The molecule has 0 radical (unpaired) electrons. The number of ketones is 1. The number of carboxylic acid groups (broad SMARTS) is 1. The van der Waals surface area contributed by atoms with Gasteiger partial charge in [0.25, 0.3) is 0 Å². The van der Waals surface area contributed by atoms with E-state index in [0.29, 0.717) is 6.54 Å². The quantitative estimate of drug-likeness (QED) is 0.863. The zero-order valence-electron chi connectivity index (χ0n) is 13.0. The predicted octanol–water partition coefficient (Wildman–Crippen LogP) is 1.000. The maximum atomic E-state index is 12.1. The van der Waals surface area contributed by atoms with Crippen LogP contribution < -0.4 is 15.0 Å². The summed E-state index contributed by atoms with van der Waals surface area (Å²) in [6, 6.07) is 7.48. The minimum Gasteiger partial charge on any atom is -0.497 e. The molecule has 1 aromatic rings. The number of hydrogen-bond acceptors (Lipinski definition) is 5. The largest absolute Gasteiger partial charge is 0.497 e. The number of carbonyl (C=O) groups excluding carboxylic acids is 1. The van der Waals surface area contributed by atoms with Gasteiger partial charge in [-0.3, -0.25) is 15.0 Å². The Labute approximate surface area is 129 Å².